The maximum absolute atomic E-state index is 12.0. The van der Waals surface area contributed by atoms with Crippen LogP contribution in [0.5, 0.6) is 0 Å². The van der Waals surface area contributed by atoms with Gasteiger partial charge in [0.15, 0.2) is 5.78 Å². The Morgan fingerprint density at radius 2 is 2.15 bits per heavy atom. The molecule has 0 aromatic heterocycles. The maximum Gasteiger partial charge on any atom is 0.232 e. The highest BCUT2D eigenvalue weighted by Gasteiger charge is 2.33. The van der Waals surface area contributed by atoms with E-state index >= 15 is 0 Å². The molecular weight excluding hydrogens is 302 g/mol. The molecule has 0 radical (unpaired) electrons. The first-order chi connectivity index (χ1) is 9.26. The number of hydrogen-bond donors (Lipinski definition) is 0. The minimum atomic E-state index is -3.62. The Balaban J connectivity index is 2.20. The van der Waals surface area contributed by atoms with Gasteiger partial charge in [0.05, 0.1) is 5.75 Å². The van der Waals surface area contributed by atoms with Crippen LogP contribution >= 0.6 is 10.7 Å². The van der Waals surface area contributed by atoms with Gasteiger partial charge in [0.1, 0.15) is 0 Å². The van der Waals surface area contributed by atoms with Gasteiger partial charge in [-0.2, -0.15) is 0 Å². The molecule has 2 rings (SSSR count). The SMILES string of the molecule is CC(=O)c1cccc(N2CC(CS(=O)(=O)Cl)CC2=O)c1. The average molecular weight is 316 g/mol. The second-order valence-electron chi connectivity index (χ2n) is 4.89. The third kappa shape index (κ3) is 3.58. The molecular formula is C13H14ClNO4S. The van der Waals surface area contributed by atoms with E-state index in [0.29, 0.717) is 17.8 Å². The molecule has 0 bridgehead atoms. The zero-order valence-corrected chi connectivity index (χ0v) is 12.4. The Morgan fingerprint density at radius 1 is 1.45 bits per heavy atom. The fourth-order valence-electron chi connectivity index (χ4n) is 2.32. The lowest BCUT2D eigenvalue weighted by Gasteiger charge is -2.17. The van der Waals surface area contributed by atoms with E-state index in [4.69, 9.17) is 10.7 Å². The molecule has 1 fully saturated rings. The molecule has 0 N–H and O–H groups in total. The Hall–Kier alpha value is -1.40. The molecule has 1 saturated heterocycles. The quantitative estimate of drug-likeness (QED) is 0.627. The number of nitrogens with zero attached hydrogens (tertiary/aromatic N) is 1. The van der Waals surface area contributed by atoms with E-state index in [2.05, 4.69) is 0 Å². The fraction of sp³-hybridized carbons (Fsp3) is 0.385. The smallest absolute Gasteiger partial charge is 0.232 e. The van der Waals surface area contributed by atoms with Gasteiger partial charge in [0, 0.05) is 40.8 Å². The number of hydrogen-bond acceptors (Lipinski definition) is 4. The molecule has 1 aliphatic rings. The minimum Gasteiger partial charge on any atom is -0.312 e. The van der Waals surface area contributed by atoms with Gasteiger partial charge in [-0.15, -0.1) is 0 Å². The van der Waals surface area contributed by atoms with E-state index in [9.17, 15) is 18.0 Å². The molecule has 7 heteroatoms. The Bertz CT molecular complexity index is 656. The van der Waals surface area contributed by atoms with Gasteiger partial charge in [-0.25, -0.2) is 8.42 Å². The van der Waals surface area contributed by atoms with Crippen molar-refractivity contribution in [2.75, 3.05) is 17.2 Å². The molecule has 1 heterocycles. The van der Waals surface area contributed by atoms with E-state index in [0.717, 1.165) is 0 Å². The van der Waals surface area contributed by atoms with Gasteiger partial charge < -0.3 is 4.90 Å². The van der Waals surface area contributed by atoms with E-state index in [-0.39, 0.29) is 29.8 Å². The van der Waals surface area contributed by atoms with Crippen LogP contribution in [0.4, 0.5) is 5.69 Å². The first-order valence-corrected chi connectivity index (χ1v) is 8.58. The number of carbonyl (C=O) groups is 2. The molecule has 1 aromatic rings. The minimum absolute atomic E-state index is 0.0848. The third-order valence-corrected chi connectivity index (χ3v) is 4.45. The summed E-state index contributed by atoms with van der Waals surface area (Å²) in [6.07, 6.45) is 0.149. The molecule has 1 aliphatic heterocycles. The summed E-state index contributed by atoms with van der Waals surface area (Å²) in [7, 11) is 1.60. The topological polar surface area (TPSA) is 71.5 Å². The number of rotatable bonds is 4. The summed E-state index contributed by atoms with van der Waals surface area (Å²) in [6, 6.07) is 6.73. The van der Waals surface area contributed by atoms with E-state index in [1.165, 1.54) is 11.8 Å². The maximum atomic E-state index is 12.0. The molecule has 108 valence electrons. The Morgan fingerprint density at radius 3 is 2.75 bits per heavy atom. The van der Waals surface area contributed by atoms with E-state index < -0.39 is 9.05 Å². The standard InChI is InChI=1S/C13H14ClNO4S/c1-9(16)11-3-2-4-12(6-11)15-7-10(5-13(15)17)8-20(14,18)19/h2-4,6,10H,5,7-8H2,1H3. The lowest BCUT2D eigenvalue weighted by atomic mass is 10.1. The first kappa shape index (κ1) is 15.0. The summed E-state index contributed by atoms with van der Waals surface area (Å²) >= 11 is 0. The number of halogens is 1. The highest BCUT2D eigenvalue weighted by molar-refractivity contribution is 8.13. The van der Waals surface area contributed by atoms with Crippen molar-refractivity contribution in [2.45, 2.75) is 13.3 Å². The van der Waals surface area contributed by atoms with E-state index in [1.807, 2.05) is 0 Å². The zero-order chi connectivity index (χ0) is 14.9. The average Bonchev–Trinajstić information content (AvgIpc) is 2.68. The number of amides is 1. The van der Waals surface area contributed by atoms with Crippen molar-refractivity contribution in [3.8, 4) is 0 Å². The highest BCUT2D eigenvalue weighted by Crippen LogP contribution is 2.27. The molecule has 5 nitrogen and oxygen atoms in total. The zero-order valence-electron chi connectivity index (χ0n) is 10.9. The summed E-state index contributed by atoms with van der Waals surface area (Å²) in [4.78, 5) is 24.8. The van der Waals surface area contributed by atoms with Crippen molar-refractivity contribution in [1.82, 2.24) is 0 Å². The normalized spacial score (nSPS) is 19.4. The number of carbonyl (C=O) groups excluding carboxylic acids is 2. The van der Waals surface area contributed by atoms with Crippen LogP contribution in [-0.4, -0.2) is 32.4 Å². The molecule has 1 unspecified atom stereocenters. The molecule has 0 saturated carbocycles. The number of benzene rings is 1. The van der Waals surface area contributed by atoms with Gasteiger partial charge in [-0.3, -0.25) is 9.59 Å². The van der Waals surface area contributed by atoms with Crippen LogP contribution in [0.2, 0.25) is 0 Å². The van der Waals surface area contributed by atoms with Crippen LogP contribution in [0.25, 0.3) is 0 Å². The Kier molecular flexibility index (Phi) is 4.15. The summed E-state index contributed by atoms with van der Waals surface area (Å²) in [5.41, 5.74) is 1.13. The van der Waals surface area contributed by atoms with Crippen LogP contribution in [0, 0.1) is 5.92 Å². The van der Waals surface area contributed by atoms with E-state index in [1.54, 1.807) is 24.3 Å². The molecule has 1 atom stereocenters. The largest absolute Gasteiger partial charge is 0.312 e. The van der Waals surface area contributed by atoms with Gasteiger partial charge in [-0.1, -0.05) is 12.1 Å². The van der Waals surface area contributed by atoms with Crippen molar-refractivity contribution < 1.29 is 18.0 Å². The molecule has 0 aliphatic carbocycles. The van der Waals surface area contributed by atoms with Crippen LogP contribution in [0.15, 0.2) is 24.3 Å². The van der Waals surface area contributed by atoms with Crippen LogP contribution in [-0.2, 0) is 13.8 Å². The number of anilines is 1. The molecule has 1 aromatic carbocycles. The second-order valence-corrected chi connectivity index (χ2v) is 7.71. The van der Waals surface area contributed by atoms with Gasteiger partial charge in [0.2, 0.25) is 15.0 Å². The van der Waals surface area contributed by atoms with Crippen molar-refractivity contribution in [3.05, 3.63) is 29.8 Å². The summed E-state index contributed by atoms with van der Waals surface area (Å²) in [5.74, 6) is -0.774. The Labute approximate surface area is 121 Å². The molecule has 0 spiro atoms. The van der Waals surface area contributed by atoms with Crippen LogP contribution in [0.1, 0.15) is 23.7 Å². The van der Waals surface area contributed by atoms with Gasteiger partial charge in [0.25, 0.3) is 0 Å². The lowest BCUT2D eigenvalue weighted by Crippen LogP contribution is -2.25. The summed E-state index contributed by atoms with van der Waals surface area (Å²) < 4.78 is 22.1. The van der Waals surface area contributed by atoms with Crippen molar-refractivity contribution in [1.29, 1.82) is 0 Å². The predicted octanol–water partition coefficient (Wildman–Crippen LogP) is 1.81. The van der Waals surface area contributed by atoms with Crippen LogP contribution in [0.3, 0.4) is 0 Å². The van der Waals surface area contributed by atoms with Crippen molar-refractivity contribution >= 4 is 37.1 Å². The van der Waals surface area contributed by atoms with Crippen molar-refractivity contribution in [3.63, 3.8) is 0 Å². The molecule has 1 amide bonds. The predicted molar refractivity (Wildman–Crippen MR) is 76.5 cm³/mol. The third-order valence-electron chi connectivity index (χ3n) is 3.20. The number of Topliss-reactive ketones (excluding diaryl/α,β-unsaturated/α-hetero) is 1. The van der Waals surface area contributed by atoms with Gasteiger partial charge in [-0.05, 0) is 19.1 Å². The summed E-state index contributed by atoms with van der Waals surface area (Å²) in [5, 5.41) is 0. The monoisotopic (exact) mass is 315 g/mol. The lowest BCUT2D eigenvalue weighted by molar-refractivity contribution is -0.117. The first-order valence-electron chi connectivity index (χ1n) is 6.10. The molecule has 20 heavy (non-hydrogen) atoms. The second kappa shape index (κ2) is 5.54. The van der Waals surface area contributed by atoms with Crippen molar-refractivity contribution in [2.24, 2.45) is 5.92 Å². The number of ketones is 1. The van der Waals surface area contributed by atoms with Gasteiger partial charge >= 0.3 is 0 Å². The summed E-state index contributed by atoms with van der Waals surface area (Å²) in [6.45, 7) is 1.75. The van der Waals surface area contributed by atoms with Crippen LogP contribution < -0.4 is 4.90 Å². The fourth-order valence-corrected chi connectivity index (χ4v) is 3.64. The highest BCUT2D eigenvalue weighted by atomic mass is 35.7.